The van der Waals surface area contributed by atoms with Gasteiger partial charge >= 0.3 is 0 Å². The summed E-state index contributed by atoms with van der Waals surface area (Å²) < 4.78 is 0. The van der Waals surface area contributed by atoms with Crippen molar-refractivity contribution < 1.29 is 5.11 Å². The molecule has 0 aliphatic heterocycles. The van der Waals surface area contributed by atoms with E-state index in [4.69, 9.17) is 0 Å². The topological polar surface area (TPSA) is 20.2 Å². The highest BCUT2D eigenvalue weighted by molar-refractivity contribution is 4.66. The van der Waals surface area contributed by atoms with Gasteiger partial charge in [0.2, 0.25) is 0 Å². The lowest BCUT2D eigenvalue weighted by Gasteiger charge is -2.13. The molecule has 0 saturated carbocycles. The van der Waals surface area contributed by atoms with Crippen molar-refractivity contribution >= 4 is 0 Å². The zero-order valence-corrected chi connectivity index (χ0v) is 17.0. The molecule has 0 bridgehead atoms. The largest absolute Gasteiger partial charge is 0.396 e. The monoisotopic (exact) mass is 350 g/mol. The molecule has 0 spiro atoms. The fourth-order valence-electron chi connectivity index (χ4n) is 3.54. The van der Waals surface area contributed by atoms with Gasteiger partial charge in [-0.15, -0.1) is 13.2 Å². The Labute approximate surface area is 159 Å². The Kier molecular flexibility index (Phi) is 21.0. The highest BCUT2D eigenvalue weighted by Gasteiger charge is 2.06. The Bertz CT molecular complexity index is 245. The van der Waals surface area contributed by atoms with Crippen LogP contribution in [0.5, 0.6) is 0 Å². The zero-order valence-electron chi connectivity index (χ0n) is 17.0. The summed E-state index contributed by atoms with van der Waals surface area (Å²) in [6.45, 7) is 7.93. The number of rotatable bonds is 21. The first-order valence-corrected chi connectivity index (χ1v) is 11.2. The van der Waals surface area contributed by atoms with E-state index in [2.05, 4.69) is 13.2 Å². The molecule has 0 saturated heterocycles. The van der Waals surface area contributed by atoms with Gasteiger partial charge in [0.05, 0.1) is 0 Å². The molecule has 0 aliphatic carbocycles. The number of aliphatic hydroxyl groups excluding tert-OH is 1. The maximum absolute atomic E-state index is 9.56. The van der Waals surface area contributed by atoms with Crippen LogP contribution in [0.25, 0.3) is 0 Å². The Hall–Kier alpha value is -0.560. The molecule has 0 aromatic heterocycles. The van der Waals surface area contributed by atoms with E-state index in [9.17, 15) is 5.11 Å². The summed E-state index contributed by atoms with van der Waals surface area (Å²) in [4.78, 5) is 0. The van der Waals surface area contributed by atoms with Crippen LogP contribution in [0.4, 0.5) is 0 Å². The molecule has 0 aromatic rings. The molecular formula is C24H46O. The van der Waals surface area contributed by atoms with Crippen LogP contribution in [0.2, 0.25) is 0 Å². The minimum absolute atomic E-state index is 0.392. The van der Waals surface area contributed by atoms with Gasteiger partial charge in [-0.3, -0.25) is 0 Å². The molecule has 0 atom stereocenters. The molecule has 1 heteroatoms. The maximum atomic E-state index is 9.56. The van der Waals surface area contributed by atoms with Crippen LogP contribution < -0.4 is 0 Å². The molecule has 0 unspecified atom stereocenters. The first-order valence-electron chi connectivity index (χ1n) is 11.2. The molecule has 1 N–H and O–H groups in total. The van der Waals surface area contributed by atoms with Crippen LogP contribution >= 0.6 is 0 Å². The molecule has 25 heavy (non-hydrogen) atoms. The van der Waals surface area contributed by atoms with Gasteiger partial charge in [0, 0.05) is 6.61 Å². The van der Waals surface area contributed by atoms with Gasteiger partial charge in [0.15, 0.2) is 0 Å². The van der Waals surface area contributed by atoms with Crippen molar-refractivity contribution in [2.75, 3.05) is 6.61 Å². The van der Waals surface area contributed by atoms with E-state index in [1.54, 1.807) is 0 Å². The summed E-state index contributed by atoms with van der Waals surface area (Å²) in [5, 5.41) is 9.56. The van der Waals surface area contributed by atoms with Crippen LogP contribution in [0.1, 0.15) is 116 Å². The molecule has 0 aliphatic rings. The quantitative estimate of drug-likeness (QED) is 0.164. The van der Waals surface area contributed by atoms with Crippen molar-refractivity contribution in [3.63, 3.8) is 0 Å². The van der Waals surface area contributed by atoms with Gasteiger partial charge in [0.25, 0.3) is 0 Å². The summed E-state index contributed by atoms with van der Waals surface area (Å²) in [6.07, 6.45) is 27.8. The molecule has 0 heterocycles. The van der Waals surface area contributed by atoms with Crippen molar-refractivity contribution in [3.8, 4) is 0 Å². The standard InChI is InChI=1S/C24H46O/c1-3-5-7-9-11-13-15-17-19-21-24(23-25)22-20-18-16-14-12-10-8-6-4-2/h3-4,24-25H,1-2,5-23H2. The molecular weight excluding hydrogens is 304 g/mol. The number of allylic oxidation sites excluding steroid dienone is 2. The van der Waals surface area contributed by atoms with Gasteiger partial charge < -0.3 is 5.11 Å². The fourth-order valence-corrected chi connectivity index (χ4v) is 3.54. The Morgan fingerprint density at radius 2 is 0.840 bits per heavy atom. The van der Waals surface area contributed by atoms with E-state index in [1.807, 2.05) is 12.2 Å². The summed E-state index contributed by atoms with van der Waals surface area (Å²) in [5.41, 5.74) is 0. The molecule has 148 valence electrons. The average molecular weight is 351 g/mol. The number of aliphatic hydroxyl groups is 1. The molecule has 0 fully saturated rings. The lowest BCUT2D eigenvalue weighted by molar-refractivity contribution is 0.204. The fraction of sp³-hybridized carbons (Fsp3) is 0.833. The predicted molar refractivity (Wildman–Crippen MR) is 114 cm³/mol. The first kappa shape index (κ1) is 24.4. The van der Waals surface area contributed by atoms with E-state index in [0.29, 0.717) is 12.5 Å². The van der Waals surface area contributed by atoms with Gasteiger partial charge in [-0.05, 0) is 44.4 Å². The summed E-state index contributed by atoms with van der Waals surface area (Å²) in [7, 11) is 0. The Morgan fingerprint density at radius 3 is 1.16 bits per heavy atom. The van der Waals surface area contributed by atoms with Crippen LogP contribution in [-0.2, 0) is 0 Å². The second kappa shape index (κ2) is 21.5. The van der Waals surface area contributed by atoms with Gasteiger partial charge in [0.1, 0.15) is 0 Å². The van der Waals surface area contributed by atoms with Crippen molar-refractivity contribution in [2.24, 2.45) is 5.92 Å². The predicted octanol–water partition coefficient (Wildman–Crippen LogP) is 7.99. The second-order valence-corrected chi connectivity index (χ2v) is 7.73. The van der Waals surface area contributed by atoms with E-state index in [0.717, 1.165) is 0 Å². The van der Waals surface area contributed by atoms with Crippen molar-refractivity contribution in [3.05, 3.63) is 25.3 Å². The lowest BCUT2D eigenvalue weighted by atomic mass is 9.94. The third-order valence-electron chi connectivity index (χ3n) is 5.30. The van der Waals surface area contributed by atoms with Gasteiger partial charge in [-0.2, -0.15) is 0 Å². The van der Waals surface area contributed by atoms with Crippen molar-refractivity contribution in [1.82, 2.24) is 0 Å². The smallest absolute Gasteiger partial charge is 0.0459 e. The van der Waals surface area contributed by atoms with Crippen LogP contribution in [0.3, 0.4) is 0 Å². The van der Waals surface area contributed by atoms with Crippen LogP contribution in [0, 0.1) is 5.92 Å². The Morgan fingerprint density at radius 1 is 0.520 bits per heavy atom. The van der Waals surface area contributed by atoms with Crippen molar-refractivity contribution in [1.29, 1.82) is 0 Å². The normalized spacial score (nSPS) is 11.1. The van der Waals surface area contributed by atoms with Crippen LogP contribution in [0.15, 0.2) is 25.3 Å². The lowest BCUT2D eigenvalue weighted by Crippen LogP contribution is -2.06. The maximum Gasteiger partial charge on any atom is 0.0459 e. The molecule has 1 nitrogen and oxygen atoms in total. The number of hydrogen-bond donors (Lipinski definition) is 1. The molecule has 0 aromatic carbocycles. The number of hydrogen-bond acceptors (Lipinski definition) is 1. The highest BCUT2D eigenvalue weighted by atomic mass is 16.3. The summed E-state index contributed by atoms with van der Waals surface area (Å²) >= 11 is 0. The van der Waals surface area contributed by atoms with Gasteiger partial charge in [-0.1, -0.05) is 89.2 Å². The van der Waals surface area contributed by atoms with E-state index in [-0.39, 0.29) is 0 Å². The zero-order chi connectivity index (χ0) is 18.4. The van der Waals surface area contributed by atoms with Crippen molar-refractivity contribution in [2.45, 2.75) is 116 Å². The van der Waals surface area contributed by atoms with E-state index >= 15 is 0 Å². The SMILES string of the molecule is C=CCCCCCCCCCC(CO)CCCCCCCCCC=C. The second-order valence-electron chi connectivity index (χ2n) is 7.73. The minimum atomic E-state index is 0.392. The highest BCUT2D eigenvalue weighted by Crippen LogP contribution is 2.19. The summed E-state index contributed by atoms with van der Waals surface area (Å²) in [6, 6.07) is 0. The van der Waals surface area contributed by atoms with Crippen LogP contribution in [-0.4, -0.2) is 11.7 Å². The average Bonchev–Trinajstić information content (AvgIpc) is 2.63. The molecule has 0 amide bonds. The third kappa shape index (κ3) is 19.6. The van der Waals surface area contributed by atoms with E-state index in [1.165, 1.54) is 116 Å². The molecule has 0 rings (SSSR count). The summed E-state index contributed by atoms with van der Waals surface area (Å²) in [5.74, 6) is 0.556. The first-order chi connectivity index (χ1) is 12.3. The number of unbranched alkanes of at least 4 members (excludes halogenated alkanes) is 14. The molecule has 0 radical (unpaired) electrons. The van der Waals surface area contributed by atoms with Gasteiger partial charge in [-0.25, -0.2) is 0 Å². The Balaban J connectivity index is 3.30. The minimum Gasteiger partial charge on any atom is -0.396 e. The van der Waals surface area contributed by atoms with E-state index < -0.39 is 0 Å². The third-order valence-corrected chi connectivity index (χ3v) is 5.30.